The lowest BCUT2D eigenvalue weighted by atomic mass is 10.0. The third-order valence-corrected chi connectivity index (χ3v) is 12.0. The van der Waals surface area contributed by atoms with Crippen LogP contribution in [0.4, 0.5) is 0 Å². The molecular formula is C59H72O10. The molecular weight excluding hydrogens is 869 g/mol. The largest absolute Gasteiger partial charge is 0.494 e. The molecule has 69 heavy (non-hydrogen) atoms. The first-order chi connectivity index (χ1) is 33.7. The number of ether oxygens (including phenoxy) is 6. The van der Waals surface area contributed by atoms with Crippen LogP contribution in [0.15, 0.2) is 115 Å². The monoisotopic (exact) mass is 941 g/mol. The van der Waals surface area contributed by atoms with Crippen molar-refractivity contribution in [3.8, 4) is 34.5 Å². The Morgan fingerprint density at radius 2 is 0.580 bits per heavy atom. The fourth-order valence-electron chi connectivity index (χ4n) is 7.82. The Morgan fingerprint density at radius 3 is 0.899 bits per heavy atom. The van der Waals surface area contributed by atoms with Gasteiger partial charge in [-0.25, -0.2) is 19.2 Å². The van der Waals surface area contributed by atoms with Crippen molar-refractivity contribution in [1.82, 2.24) is 0 Å². The summed E-state index contributed by atoms with van der Waals surface area (Å²) in [5.74, 6) is 0.0903. The van der Waals surface area contributed by atoms with Crippen molar-refractivity contribution in [3.63, 3.8) is 0 Å². The molecule has 0 atom stereocenters. The van der Waals surface area contributed by atoms with Crippen LogP contribution in [-0.4, -0.2) is 37.1 Å². The van der Waals surface area contributed by atoms with Crippen LogP contribution in [0.5, 0.6) is 34.5 Å². The van der Waals surface area contributed by atoms with Gasteiger partial charge in [0.2, 0.25) is 0 Å². The predicted octanol–water partition coefficient (Wildman–Crippen LogP) is 15.5. The van der Waals surface area contributed by atoms with Crippen LogP contribution < -0.4 is 28.4 Å². The van der Waals surface area contributed by atoms with Gasteiger partial charge < -0.3 is 28.4 Å². The van der Waals surface area contributed by atoms with Gasteiger partial charge in [-0.3, -0.25) is 0 Å². The molecule has 0 bridgehead atoms. The van der Waals surface area contributed by atoms with Gasteiger partial charge in [-0.1, -0.05) is 135 Å². The van der Waals surface area contributed by atoms with Crippen LogP contribution in [0.25, 0.3) is 0 Å². The van der Waals surface area contributed by atoms with E-state index in [2.05, 4.69) is 13.8 Å². The fraction of sp³-hybridized carbons (Fsp3) is 0.424. The molecule has 368 valence electrons. The van der Waals surface area contributed by atoms with E-state index in [1.54, 1.807) is 73.7 Å². The molecule has 0 aliphatic carbocycles. The summed E-state index contributed by atoms with van der Waals surface area (Å²) >= 11 is 0. The van der Waals surface area contributed by atoms with Gasteiger partial charge in [0.25, 0.3) is 0 Å². The first kappa shape index (κ1) is 53.5. The third kappa shape index (κ3) is 19.6. The van der Waals surface area contributed by atoms with Crippen molar-refractivity contribution >= 4 is 23.9 Å². The summed E-state index contributed by atoms with van der Waals surface area (Å²) < 4.78 is 34.1. The van der Waals surface area contributed by atoms with Gasteiger partial charge in [0.15, 0.2) is 0 Å². The smallest absolute Gasteiger partial charge is 0.343 e. The Bertz CT molecular complexity index is 2120. The Hall–Kier alpha value is -6.42. The van der Waals surface area contributed by atoms with Gasteiger partial charge in [0.05, 0.1) is 35.5 Å². The minimum absolute atomic E-state index is 0.163. The third-order valence-electron chi connectivity index (χ3n) is 12.0. The first-order valence-electron chi connectivity index (χ1n) is 25.4. The molecule has 0 heterocycles. The number of carbonyl (C=O) groups excluding carboxylic acids is 4. The summed E-state index contributed by atoms with van der Waals surface area (Å²) in [6.07, 6.45) is 25.3. The standard InChI is InChI=1S/C59H72O10/c1-4-6-8-10-12-14-16-18-20-22-43-64-48-35-39-52(40-36-48)66-56(60)46-27-31-50(32-28-46)68-58(62)54-25-24-26-55(45(54)3)59(63)69-51-33-29-47(30-34-51)57(61)67-53-41-37-49(38-42-53)65-44-23-21-19-17-15-13-11-9-7-5-2/h24-42H,4-23,43-44H2,1-3H3. The summed E-state index contributed by atoms with van der Waals surface area (Å²) in [5.41, 5.74) is 1.23. The maximum absolute atomic E-state index is 13.3. The fourth-order valence-corrected chi connectivity index (χ4v) is 7.82. The van der Waals surface area contributed by atoms with E-state index >= 15 is 0 Å². The molecule has 5 rings (SSSR count). The second kappa shape index (κ2) is 30.9. The van der Waals surface area contributed by atoms with Gasteiger partial charge in [0, 0.05) is 0 Å². The molecule has 0 unspecified atom stereocenters. The topological polar surface area (TPSA) is 124 Å². The Kier molecular flexibility index (Phi) is 23.9. The van der Waals surface area contributed by atoms with E-state index in [0.29, 0.717) is 30.3 Å². The molecule has 0 amide bonds. The molecule has 0 fully saturated rings. The molecule has 5 aromatic rings. The van der Waals surface area contributed by atoms with Crippen LogP contribution in [0.1, 0.15) is 189 Å². The molecule has 0 radical (unpaired) electrons. The normalized spacial score (nSPS) is 10.9. The van der Waals surface area contributed by atoms with E-state index in [0.717, 1.165) is 37.2 Å². The van der Waals surface area contributed by atoms with E-state index < -0.39 is 23.9 Å². The lowest BCUT2D eigenvalue weighted by molar-refractivity contribution is 0.0722. The highest BCUT2D eigenvalue weighted by Crippen LogP contribution is 2.25. The number of carbonyl (C=O) groups is 4. The number of esters is 4. The van der Waals surface area contributed by atoms with E-state index in [9.17, 15) is 19.2 Å². The van der Waals surface area contributed by atoms with Crippen molar-refractivity contribution in [2.24, 2.45) is 0 Å². The molecule has 0 N–H and O–H groups in total. The van der Waals surface area contributed by atoms with Crippen LogP contribution in [0.3, 0.4) is 0 Å². The van der Waals surface area contributed by atoms with Crippen molar-refractivity contribution in [3.05, 3.63) is 143 Å². The number of hydrogen-bond acceptors (Lipinski definition) is 10. The highest BCUT2D eigenvalue weighted by molar-refractivity contribution is 5.99. The van der Waals surface area contributed by atoms with Crippen molar-refractivity contribution in [2.45, 2.75) is 149 Å². The number of rotatable bonds is 32. The average Bonchev–Trinajstić information content (AvgIpc) is 3.36. The highest BCUT2D eigenvalue weighted by Gasteiger charge is 2.20. The van der Waals surface area contributed by atoms with Gasteiger partial charge in [-0.15, -0.1) is 0 Å². The molecule has 0 aliphatic rings. The molecule has 10 heteroatoms. The lowest BCUT2D eigenvalue weighted by Crippen LogP contribution is -2.16. The maximum Gasteiger partial charge on any atom is 0.343 e. The van der Waals surface area contributed by atoms with E-state index in [1.807, 2.05) is 0 Å². The zero-order valence-electron chi connectivity index (χ0n) is 41.1. The van der Waals surface area contributed by atoms with Crippen LogP contribution in [0.2, 0.25) is 0 Å². The van der Waals surface area contributed by atoms with Crippen LogP contribution >= 0.6 is 0 Å². The van der Waals surface area contributed by atoms with Crippen LogP contribution in [-0.2, 0) is 0 Å². The quantitative estimate of drug-likeness (QED) is 0.0234. The van der Waals surface area contributed by atoms with Crippen molar-refractivity contribution < 1.29 is 47.6 Å². The summed E-state index contributed by atoms with van der Waals surface area (Å²) in [4.78, 5) is 52.3. The Balaban J connectivity index is 0.997. The number of hydrogen-bond donors (Lipinski definition) is 0. The first-order valence-corrected chi connectivity index (χ1v) is 25.4. The zero-order chi connectivity index (χ0) is 48.9. The second-order valence-electron chi connectivity index (χ2n) is 17.6. The van der Waals surface area contributed by atoms with E-state index in [1.165, 1.54) is 151 Å². The van der Waals surface area contributed by atoms with E-state index in [-0.39, 0.29) is 33.8 Å². The summed E-state index contributed by atoms with van der Waals surface area (Å²) in [5, 5.41) is 0. The van der Waals surface area contributed by atoms with Crippen LogP contribution in [0, 0.1) is 6.92 Å². The highest BCUT2D eigenvalue weighted by atomic mass is 16.5. The zero-order valence-corrected chi connectivity index (χ0v) is 41.1. The SMILES string of the molecule is CCCCCCCCCCCCOc1ccc(OC(=O)c2ccc(OC(=O)c3cccc(C(=O)Oc4ccc(C(=O)Oc5ccc(OCCCCCCCCCCCC)cc5)cc4)c3C)cc2)cc1. The average molecular weight is 941 g/mol. The molecule has 0 aliphatic heterocycles. The second-order valence-corrected chi connectivity index (χ2v) is 17.6. The number of unbranched alkanes of at least 4 members (excludes halogenated alkanes) is 18. The molecule has 0 aromatic heterocycles. The van der Waals surface area contributed by atoms with Gasteiger partial charge >= 0.3 is 23.9 Å². The summed E-state index contributed by atoms with van der Waals surface area (Å²) in [7, 11) is 0. The minimum atomic E-state index is -0.692. The molecule has 10 nitrogen and oxygen atoms in total. The van der Waals surface area contributed by atoms with E-state index in [4.69, 9.17) is 28.4 Å². The minimum Gasteiger partial charge on any atom is -0.494 e. The van der Waals surface area contributed by atoms with Gasteiger partial charge in [-0.2, -0.15) is 0 Å². The molecule has 0 saturated carbocycles. The summed E-state index contributed by atoms with van der Waals surface area (Å²) in [6, 6.07) is 30.6. The van der Waals surface area contributed by atoms with Crippen molar-refractivity contribution in [2.75, 3.05) is 13.2 Å². The molecule has 0 saturated heterocycles. The predicted molar refractivity (Wildman–Crippen MR) is 271 cm³/mol. The summed E-state index contributed by atoms with van der Waals surface area (Å²) in [6.45, 7) is 7.41. The lowest BCUT2D eigenvalue weighted by Gasteiger charge is -2.12. The van der Waals surface area contributed by atoms with Crippen molar-refractivity contribution in [1.29, 1.82) is 0 Å². The van der Waals surface area contributed by atoms with Gasteiger partial charge in [0.1, 0.15) is 34.5 Å². The maximum atomic E-state index is 13.3. The Morgan fingerprint density at radius 1 is 0.319 bits per heavy atom. The van der Waals surface area contributed by atoms with Gasteiger partial charge in [-0.05, 0) is 135 Å². The molecule has 5 aromatic carbocycles. The molecule has 0 spiro atoms. The number of benzene rings is 5. The Labute approximate surface area is 410 Å².